The molecule has 104 valence electrons. The quantitative estimate of drug-likeness (QED) is 0.917. The highest BCUT2D eigenvalue weighted by atomic mass is 35.5. The Labute approximate surface area is 124 Å². The van der Waals surface area contributed by atoms with Crippen LogP contribution in [0.15, 0.2) is 18.2 Å². The van der Waals surface area contributed by atoms with Crippen LogP contribution in [0.4, 0.5) is 0 Å². The van der Waals surface area contributed by atoms with E-state index in [2.05, 4.69) is 0 Å². The Bertz CT molecular complexity index is 453. The van der Waals surface area contributed by atoms with Crippen LogP contribution < -0.4 is 5.73 Å². The standard InChI is InChI=1S/C15H19Cl2NO/c16-13-6-3-11(7-14(13)17)8-15(19)12-4-1-10(9-18)2-5-12/h3,6-7,10,12H,1-2,4-5,8-9,18H2. The summed E-state index contributed by atoms with van der Waals surface area (Å²) in [5.41, 5.74) is 6.61. The van der Waals surface area contributed by atoms with Gasteiger partial charge in [-0.2, -0.15) is 0 Å². The third-order valence-corrected chi connectivity index (χ3v) is 4.74. The van der Waals surface area contributed by atoms with Crippen LogP contribution in [0, 0.1) is 11.8 Å². The molecule has 0 aromatic heterocycles. The summed E-state index contributed by atoms with van der Waals surface area (Å²) in [6.45, 7) is 0.744. The van der Waals surface area contributed by atoms with Crippen LogP contribution in [0.1, 0.15) is 31.2 Å². The minimum absolute atomic E-state index is 0.192. The molecule has 19 heavy (non-hydrogen) atoms. The van der Waals surface area contributed by atoms with E-state index in [1.807, 2.05) is 6.07 Å². The number of Topliss-reactive ketones (excluding diaryl/α,β-unsaturated/α-hetero) is 1. The summed E-state index contributed by atoms with van der Waals surface area (Å²) in [5.74, 6) is 1.11. The van der Waals surface area contributed by atoms with Gasteiger partial charge in [0, 0.05) is 12.3 Å². The Balaban J connectivity index is 1.92. The van der Waals surface area contributed by atoms with E-state index >= 15 is 0 Å². The molecule has 0 amide bonds. The van der Waals surface area contributed by atoms with E-state index in [0.717, 1.165) is 37.8 Å². The first-order chi connectivity index (χ1) is 9.10. The van der Waals surface area contributed by atoms with Gasteiger partial charge in [0.1, 0.15) is 5.78 Å². The fraction of sp³-hybridized carbons (Fsp3) is 0.533. The third kappa shape index (κ3) is 3.95. The number of carbonyl (C=O) groups excluding carboxylic acids is 1. The predicted molar refractivity (Wildman–Crippen MR) is 79.7 cm³/mol. The molecule has 4 heteroatoms. The first kappa shape index (κ1) is 14.8. The molecule has 1 aliphatic rings. The van der Waals surface area contributed by atoms with Gasteiger partial charge in [0.25, 0.3) is 0 Å². The van der Waals surface area contributed by atoms with Crippen molar-refractivity contribution in [1.29, 1.82) is 0 Å². The van der Waals surface area contributed by atoms with Gasteiger partial charge in [0.15, 0.2) is 0 Å². The van der Waals surface area contributed by atoms with Crippen molar-refractivity contribution in [1.82, 2.24) is 0 Å². The number of hydrogen-bond donors (Lipinski definition) is 1. The van der Waals surface area contributed by atoms with Gasteiger partial charge < -0.3 is 5.73 Å². The zero-order valence-electron chi connectivity index (χ0n) is 10.9. The van der Waals surface area contributed by atoms with Crippen molar-refractivity contribution in [3.05, 3.63) is 33.8 Å². The van der Waals surface area contributed by atoms with Crippen LogP contribution in [0.3, 0.4) is 0 Å². The average molecular weight is 300 g/mol. The number of nitrogens with two attached hydrogens (primary N) is 1. The molecular weight excluding hydrogens is 281 g/mol. The first-order valence-corrected chi connectivity index (χ1v) is 7.52. The first-order valence-electron chi connectivity index (χ1n) is 6.77. The van der Waals surface area contributed by atoms with Crippen molar-refractivity contribution in [2.45, 2.75) is 32.1 Å². The molecule has 1 aromatic rings. The molecule has 0 radical (unpaired) electrons. The summed E-state index contributed by atoms with van der Waals surface area (Å²) >= 11 is 11.8. The molecule has 1 fully saturated rings. The molecule has 1 saturated carbocycles. The fourth-order valence-electron chi connectivity index (χ4n) is 2.72. The van der Waals surface area contributed by atoms with Crippen molar-refractivity contribution < 1.29 is 4.79 Å². The van der Waals surface area contributed by atoms with Gasteiger partial charge in [-0.3, -0.25) is 4.79 Å². The van der Waals surface area contributed by atoms with Crippen LogP contribution in [0.25, 0.3) is 0 Å². The number of carbonyl (C=O) groups is 1. The van der Waals surface area contributed by atoms with Crippen LogP contribution in [0.2, 0.25) is 10.0 Å². The lowest BCUT2D eigenvalue weighted by Crippen LogP contribution is -2.26. The van der Waals surface area contributed by atoms with Gasteiger partial charge in [-0.15, -0.1) is 0 Å². The molecule has 2 nitrogen and oxygen atoms in total. The Morgan fingerprint density at radius 2 is 1.84 bits per heavy atom. The van der Waals surface area contributed by atoms with Gasteiger partial charge in [0.05, 0.1) is 10.0 Å². The molecule has 0 saturated heterocycles. The third-order valence-electron chi connectivity index (χ3n) is 4.00. The van der Waals surface area contributed by atoms with Gasteiger partial charge in [-0.25, -0.2) is 0 Å². The summed E-state index contributed by atoms with van der Waals surface area (Å²) in [5, 5.41) is 1.04. The lowest BCUT2D eigenvalue weighted by atomic mass is 9.79. The molecule has 2 N–H and O–H groups in total. The van der Waals surface area contributed by atoms with Crippen LogP contribution in [-0.4, -0.2) is 12.3 Å². The zero-order valence-corrected chi connectivity index (χ0v) is 12.4. The normalized spacial score (nSPS) is 23.3. The van der Waals surface area contributed by atoms with E-state index in [1.165, 1.54) is 0 Å². The highest BCUT2D eigenvalue weighted by Gasteiger charge is 2.25. The maximum atomic E-state index is 12.3. The average Bonchev–Trinajstić information content (AvgIpc) is 2.43. The molecule has 0 aliphatic heterocycles. The van der Waals surface area contributed by atoms with Gasteiger partial charge in [-0.1, -0.05) is 29.3 Å². The Hall–Kier alpha value is -0.570. The molecule has 1 aliphatic carbocycles. The van der Waals surface area contributed by atoms with E-state index < -0.39 is 0 Å². The molecule has 0 heterocycles. The minimum Gasteiger partial charge on any atom is -0.330 e. The largest absolute Gasteiger partial charge is 0.330 e. The SMILES string of the molecule is NCC1CCC(C(=O)Cc2ccc(Cl)c(Cl)c2)CC1. The van der Waals surface area contributed by atoms with Crippen molar-refractivity contribution in [3.8, 4) is 0 Å². The lowest BCUT2D eigenvalue weighted by molar-refractivity contribution is -0.123. The molecule has 0 atom stereocenters. The number of hydrogen-bond acceptors (Lipinski definition) is 2. The van der Waals surface area contributed by atoms with Gasteiger partial charge in [-0.05, 0) is 55.8 Å². The highest BCUT2D eigenvalue weighted by Crippen LogP contribution is 2.30. The Morgan fingerprint density at radius 1 is 1.16 bits per heavy atom. The molecule has 0 spiro atoms. The highest BCUT2D eigenvalue weighted by molar-refractivity contribution is 6.42. The Kier molecular flexibility index (Phi) is 5.26. The second kappa shape index (κ2) is 6.74. The van der Waals surface area contributed by atoms with Crippen molar-refractivity contribution in [2.24, 2.45) is 17.6 Å². The number of ketones is 1. The number of rotatable bonds is 4. The number of halogens is 2. The predicted octanol–water partition coefficient (Wildman–Crippen LogP) is 3.87. The van der Waals surface area contributed by atoms with Crippen molar-refractivity contribution >= 4 is 29.0 Å². The van der Waals surface area contributed by atoms with Gasteiger partial charge in [0.2, 0.25) is 0 Å². The summed E-state index contributed by atoms with van der Waals surface area (Å²) in [6.07, 6.45) is 4.56. The topological polar surface area (TPSA) is 43.1 Å². The van der Waals surface area contributed by atoms with E-state index in [1.54, 1.807) is 12.1 Å². The summed E-state index contributed by atoms with van der Waals surface area (Å²) in [4.78, 5) is 12.3. The second-order valence-corrected chi connectivity index (χ2v) is 6.16. The maximum absolute atomic E-state index is 12.3. The molecule has 0 unspecified atom stereocenters. The summed E-state index contributed by atoms with van der Waals surface area (Å²) in [6, 6.07) is 5.41. The maximum Gasteiger partial charge on any atom is 0.140 e. The molecule has 2 rings (SSSR count). The zero-order chi connectivity index (χ0) is 13.8. The molecule has 0 bridgehead atoms. The van der Waals surface area contributed by atoms with E-state index in [9.17, 15) is 4.79 Å². The fourth-order valence-corrected chi connectivity index (χ4v) is 3.04. The second-order valence-electron chi connectivity index (χ2n) is 5.34. The van der Waals surface area contributed by atoms with Crippen LogP contribution >= 0.6 is 23.2 Å². The lowest BCUT2D eigenvalue weighted by Gasteiger charge is -2.26. The Morgan fingerprint density at radius 3 is 2.42 bits per heavy atom. The van der Waals surface area contributed by atoms with E-state index in [4.69, 9.17) is 28.9 Å². The molecule has 1 aromatic carbocycles. The summed E-state index contributed by atoms with van der Waals surface area (Å²) in [7, 11) is 0. The van der Waals surface area contributed by atoms with Crippen LogP contribution in [0.5, 0.6) is 0 Å². The van der Waals surface area contributed by atoms with E-state index in [-0.39, 0.29) is 5.92 Å². The monoisotopic (exact) mass is 299 g/mol. The van der Waals surface area contributed by atoms with Crippen LogP contribution in [-0.2, 0) is 11.2 Å². The summed E-state index contributed by atoms with van der Waals surface area (Å²) < 4.78 is 0. The van der Waals surface area contributed by atoms with Crippen molar-refractivity contribution in [2.75, 3.05) is 6.54 Å². The number of benzene rings is 1. The van der Waals surface area contributed by atoms with Crippen molar-refractivity contribution in [3.63, 3.8) is 0 Å². The minimum atomic E-state index is 0.192. The molecular formula is C15H19Cl2NO. The van der Waals surface area contributed by atoms with E-state index in [0.29, 0.717) is 28.2 Å². The van der Waals surface area contributed by atoms with Gasteiger partial charge >= 0.3 is 0 Å². The smallest absolute Gasteiger partial charge is 0.140 e.